The minimum Gasteiger partial charge on any atom is -0.497 e. The summed E-state index contributed by atoms with van der Waals surface area (Å²) in [5.74, 6) is 0.608. The summed E-state index contributed by atoms with van der Waals surface area (Å²) in [7, 11) is 1.60. The fourth-order valence-electron chi connectivity index (χ4n) is 3.14. The van der Waals surface area contributed by atoms with Crippen LogP contribution in [0.3, 0.4) is 0 Å². The second-order valence-corrected chi connectivity index (χ2v) is 7.95. The molecule has 10 nitrogen and oxygen atoms in total. The molecule has 1 saturated carbocycles. The molecule has 2 aliphatic heterocycles. The zero-order valence-corrected chi connectivity index (χ0v) is 20.7. The Labute approximate surface area is 205 Å². The van der Waals surface area contributed by atoms with Crippen LogP contribution in [0.1, 0.15) is 49.2 Å². The van der Waals surface area contributed by atoms with Crippen LogP contribution in [0.25, 0.3) is 0 Å². The molecular weight excluding hydrogens is 452 g/mol. The molecule has 0 unspecified atom stereocenters. The topological polar surface area (TPSA) is 119 Å². The third kappa shape index (κ3) is 8.56. The summed E-state index contributed by atoms with van der Waals surface area (Å²) < 4.78 is 11.9. The Morgan fingerprint density at radius 3 is 2.34 bits per heavy atom. The summed E-state index contributed by atoms with van der Waals surface area (Å²) in [4.78, 5) is 45.0. The SMILES string of the molecule is C1CC1.CC=O.COc1ccc(NC(C)=O)cc1.Cc1c2n(ccc1=O)N[C@@H]1COCCN1C2=O. The van der Waals surface area contributed by atoms with E-state index < -0.39 is 0 Å². The van der Waals surface area contributed by atoms with Gasteiger partial charge in [-0.15, -0.1) is 0 Å². The van der Waals surface area contributed by atoms with Gasteiger partial charge in [-0.05, 0) is 38.1 Å². The highest BCUT2D eigenvalue weighted by molar-refractivity contribution is 5.95. The van der Waals surface area contributed by atoms with E-state index in [0.717, 1.165) is 17.7 Å². The molecule has 2 fully saturated rings. The number of amides is 2. The fourth-order valence-corrected chi connectivity index (χ4v) is 3.14. The van der Waals surface area contributed by atoms with Crippen LogP contribution in [0.2, 0.25) is 0 Å². The van der Waals surface area contributed by atoms with Crippen molar-refractivity contribution in [3.8, 4) is 5.75 Å². The maximum Gasteiger partial charge on any atom is 0.274 e. The van der Waals surface area contributed by atoms with E-state index >= 15 is 0 Å². The number of pyridine rings is 1. The Hall–Kier alpha value is -3.66. The van der Waals surface area contributed by atoms with E-state index in [1.807, 2.05) is 0 Å². The second-order valence-electron chi connectivity index (χ2n) is 7.95. The number of fused-ring (bicyclic) bond motifs is 2. The fraction of sp³-hybridized carbons (Fsp3) is 0.440. The van der Waals surface area contributed by atoms with Crippen LogP contribution in [-0.2, 0) is 14.3 Å². The van der Waals surface area contributed by atoms with Crippen LogP contribution in [0.4, 0.5) is 5.69 Å². The first kappa shape index (κ1) is 27.6. The molecule has 0 bridgehead atoms. The van der Waals surface area contributed by atoms with Gasteiger partial charge in [-0.1, -0.05) is 19.3 Å². The molecule has 10 heteroatoms. The molecule has 2 N–H and O–H groups in total. The average molecular weight is 487 g/mol. The van der Waals surface area contributed by atoms with Crippen molar-refractivity contribution in [2.75, 3.05) is 37.6 Å². The Morgan fingerprint density at radius 2 is 1.80 bits per heavy atom. The van der Waals surface area contributed by atoms with Gasteiger partial charge in [-0.3, -0.25) is 19.1 Å². The van der Waals surface area contributed by atoms with Gasteiger partial charge in [0.05, 0.1) is 20.3 Å². The van der Waals surface area contributed by atoms with Gasteiger partial charge in [0, 0.05) is 37.0 Å². The first-order chi connectivity index (χ1) is 16.8. The van der Waals surface area contributed by atoms with Gasteiger partial charge in [0.2, 0.25) is 5.91 Å². The van der Waals surface area contributed by atoms with Gasteiger partial charge in [-0.2, -0.15) is 0 Å². The van der Waals surface area contributed by atoms with Crippen molar-refractivity contribution in [1.29, 1.82) is 0 Å². The van der Waals surface area contributed by atoms with Crippen molar-refractivity contribution in [2.45, 2.75) is 46.2 Å². The third-order valence-corrected chi connectivity index (χ3v) is 4.98. The third-order valence-electron chi connectivity index (χ3n) is 4.98. The van der Waals surface area contributed by atoms with Gasteiger partial charge < -0.3 is 29.9 Å². The van der Waals surface area contributed by atoms with Crippen molar-refractivity contribution < 1.29 is 23.9 Å². The van der Waals surface area contributed by atoms with E-state index in [1.54, 1.807) is 54.1 Å². The number of nitrogens with zero attached hydrogens (tertiary/aromatic N) is 2. The Bertz CT molecular complexity index is 1050. The summed E-state index contributed by atoms with van der Waals surface area (Å²) in [6.45, 7) is 6.16. The lowest BCUT2D eigenvalue weighted by atomic mass is 10.1. The number of aldehydes is 1. The number of morpholine rings is 1. The van der Waals surface area contributed by atoms with E-state index in [9.17, 15) is 14.4 Å². The predicted octanol–water partition coefficient (Wildman–Crippen LogP) is 2.54. The highest BCUT2D eigenvalue weighted by Gasteiger charge is 2.35. The number of hydrogen-bond donors (Lipinski definition) is 2. The Kier molecular flexibility index (Phi) is 11.0. The monoisotopic (exact) mass is 486 g/mol. The molecule has 3 aliphatic rings. The molecule has 2 amide bonds. The molecule has 190 valence electrons. The van der Waals surface area contributed by atoms with Gasteiger partial charge in [0.25, 0.3) is 5.91 Å². The molecule has 2 aromatic rings. The lowest BCUT2D eigenvalue weighted by Crippen LogP contribution is -2.59. The maximum atomic E-state index is 12.3. The summed E-state index contributed by atoms with van der Waals surface area (Å²) in [5, 5.41) is 2.66. The summed E-state index contributed by atoms with van der Waals surface area (Å²) >= 11 is 0. The molecular formula is C25H34N4O6. The minimum atomic E-state index is -0.148. The van der Waals surface area contributed by atoms with Crippen molar-refractivity contribution in [2.24, 2.45) is 0 Å². The number of benzene rings is 1. The Morgan fingerprint density at radius 1 is 1.17 bits per heavy atom. The summed E-state index contributed by atoms with van der Waals surface area (Å²) in [6.07, 6.45) is 6.69. The molecule has 0 radical (unpaired) electrons. The molecule has 35 heavy (non-hydrogen) atoms. The number of nitrogens with one attached hydrogen (secondary N) is 2. The van der Waals surface area contributed by atoms with Crippen molar-refractivity contribution in [3.05, 3.63) is 58.0 Å². The van der Waals surface area contributed by atoms with Crippen molar-refractivity contribution in [1.82, 2.24) is 9.58 Å². The highest BCUT2D eigenvalue weighted by Crippen LogP contribution is 2.18. The normalized spacial score (nSPS) is 16.6. The van der Waals surface area contributed by atoms with Crippen molar-refractivity contribution >= 4 is 23.8 Å². The van der Waals surface area contributed by atoms with Gasteiger partial charge in [-0.25, -0.2) is 0 Å². The predicted molar refractivity (Wildman–Crippen MR) is 133 cm³/mol. The molecule has 1 saturated heterocycles. The van der Waals surface area contributed by atoms with Crippen LogP contribution in [-0.4, -0.2) is 60.7 Å². The van der Waals surface area contributed by atoms with Gasteiger partial charge in [0.1, 0.15) is 23.9 Å². The highest BCUT2D eigenvalue weighted by atomic mass is 16.5. The first-order valence-corrected chi connectivity index (χ1v) is 11.5. The quantitative estimate of drug-likeness (QED) is 0.626. The van der Waals surface area contributed by atoms with Gasteiger partial charge >= 0.3 is 0 Å². The molecule has 1 aliphatic carbocycles. The molecule has 3 heterocycles. The number of carbonyl (C=O) groups is 3. The van der Waals surface area contributed by atoms with Crippen LogP contribution in [0.15, 0.2) is 41.3 Å². The number of aromatic nitrogens is 1. The van der Waals surface area contributed by atoms with Crippen LogP contribution in [0, 0.1) is 6.92 Å². The van der Waals surface area contributed by atoms with E-state index in [1.165, 1.54) is 39.2 Å². The van der Waals surface area contributed by atoms with Crippen LogP contribution >= 0.6 is 0 Å². The first-order valence-electron chi connectivity index (χ1n) is 11.5. The van der Waals surface area contributed by atoms with Crippen molar-refractivity contribution in [3.63, 3.8) is 0 Å². The van der Waals surface area contributed by atoms with E-state index in [0.29, 0.717) is 31.0 Å². The van der Waals surface area contributed by atoms with E-state index in [-0.39, 0.29) is 23.4 Å². The maximum absolute atomic E-state index is 12.3. The zero-order chi connectivity index (χ0) is 25.8. The average Bonchev–Trinajstić information content (AvgIpc) is 3.73. The molecule has 1 aromatic heterocycles. The number of carbonyl (C=O) groups excluding carboxylic acids is 3. The number of anilines is 1. The van der Waals surface area contributed by atoms with E-state index in [4.69, 9.17) is 14.3 Å². The minimum absolute atomic E-state index is 0.0693. The smallest absolute Gasteiger partial charge is 0.274 e. The molecule has 1 aromatic carbocycles. The Balaban J connectivity index is 0.000000208. The lowest BCUT2D eigenvalue weighted by Gasteiger charge is -2.41. The largest absolute Gasteiger partial charge is 0.497 e. The molecule has 0 spiro atoms. The zero-order valence-electron chi connectivity index (χ0n) is 20.7. The number of methoxy groups -OCH3 is 1. The number of ether oxygens (including phenoxy) is 2. The van der Waals surface area contributed by atoms with Gasteiger partial charge in [0.15, 0.2) is 5.43 Å². The van der Waals surface area contributed by atoms with Crippen LogP contribution in [0.5, 0.6) is 5.75 Å². The summed E-state index contributed by atoms with van der Waals surface area (Å²) in [6, 6.07) is 8.63. The number of hydrogen-bond acceptors (Lipinski definition) is 7. The molecule has 5 rings (SSSR count). The van der Waals surface area contributed by atoms with E-state index in [2.05, 4.69) is 10.7 Å². The second kappa shape index (κ2) is 13.9. The summed E-state index contributed by atoms with van der Waals surface area (Å²) in [5.41, 5.74) is 4.73. The standard InChI is InChI=1S/C11H13N3O3.C9H11NO2.C3H6.C2H4O/c1-7-8(15)2-3-14-10(7)11(16)13-4-5-17-6-9(13)12-14;1-7(11)10-8-3-5-9(12-2)6-4-8;1-2-3-1;1-2-3/h2-3,9,12H,4-6H2,1H3;3-6H,1-2H3,(H,10,11);1-3H2;2H,1H3/t9-;;;/m0.../s1. The number of rotatable bonds is 2. The lowest BCUT2D eigenvalue weighted by molar-refractivity contribution is -0.114. The van der Waals surface area contributed by atoms with Crippen LogP contribution < -0.4 is 20.9 Å². The molecule has 1 atom stereocenters.